The average Bonchev–Trinajstić information content (AvgIpc) is 2.70. The number of nitrogens with zero attached hydrogens (tertiary/aromatic N) is 4. The first kappa shape index (κ1) is 18.2. The smallest absolute Gasteiger partial charge is 0.214 e. The van der Waals surface area contributed by atoms with Crippen LogP contribution in [-0.4, -0.2) is 31.0 Å². The summed E-state index contributed by atoms with van der Waals surface area (Å²) in [6, 6.07) is 13.2. The van der Waals surface area contributed by atoms with E-state index in [2.05, 4.69) is 16.0 Å². The third-order valence-electron chi connectivity index (χ3n) is 4.79. The number of rotatable bonds is 6. The van der Waals surface area contributed by atoms with Crippen LogP contribution in [0, 0.1) is 17.2 Å². The lowest BCUT2D eigenvalue weighted by Crippen LogP contribution is -2.37. The molecule has 26 heavy (non-hydrogen) atoms. The number of amides is 1. The fraction of sp³-hybridized carbons (Fsp3) is 0.350. The lowest BCUT2D eigenvalue weighted by Gasteiger charge is -2.34. The molecule has 1 amide bonds. The predicted octanol–water partition coefficient (Wildman–Crippen LogP) is 3.88. The van der Waals surface area contributed by atoms with Crippen molar-refractivity contribution in [2.24, 2.45) is 5.92 Å². The molecule has 0 spiro atoms. The highest BCUT2D eigenvalue weighted by atomic mass is 35.5. The third kappa shape index (κ3) is 4.33. The number of carbonyl (C=O) groups is 1. The molecule has 0 radical (unpaired) electrons. The second kappa shape index (κ2) is 8.68. The molecule has 0 saturated carbocycles. The van der Waals surface area contributed by atoms with Crippen LogP contribution in [0.3, 0.4) is 0 Å². The molecule has 1 aromatic carbocycles. The monoisotopic (exact) mass is 368 g/mol. The molecule has 1 atom stereocenters. The van der Waals surface area contributed by atoms with E-state index in [1.165, 1.54) is 0 Å². The number of para-hydroxylation sites is 1. The van der Waals surface area contributed by atoms with Gasteiger partial charge in [0, 0.05) is 25.8 Å². The zero-order chi connectivity index (χ0) is 18.4. The van der Waals surface area contributed by atoms with Gasteiger partial charge in [0.15, 0.2) is 0 Å². The van der Waals surface area contributed by atoms with Crippen molar-refractivity contribution in [2.45, 2.75) is 19.3 Å². The van der Waals surface area contributed by atoms with E-state index < -0.39 is 0 Å². The van der Waals surface area contributed by atoms with Crippen molar-refractivity contribution in [3.05, 3.63) is 53.2 Å². The number of aromatic nitrogens is 1. The first-order chi connectivity index (χ1) is 12.7. The summed E-state index contributed by atoms with van der Waals surface area (Å²) in [5, 5.41) is 9.48. The third-order valence-corrected chi connectivity index (χ3v) is 5.11. The highest BCUT2D eigenvalue weighted by Crippen LogP contribution is 2.27. The Bertz CT molecular complexity index is 787. The molecule has 0 bridgehead atoms. The zero-order valence-corrected chi connectivity index (χ0v) is 15.3. The van der Waals surface area contributed by atoms with Crippen LogP contribution in [-0.2, 0) is 4.79 Å². The fourth-order valence-corrected chi connectivity index (χ4v) is 3.63. The number of pyridine rings is 1. The Hall–Kier alpha value is -2.58. The highest BCUT2D eigenvalue weighted by molar-refractivity contribution is 6.33. The highest BCUT2D eigenvalue weighted by Gasteiger charge is 2.22. The Morgan fingerprint density at radius 2 is 2.19 bits per heavy atom. The van der Waals surface area contributed by atoms with E-state index in [-0.39, 0.29) is 0 Å². The quantitative estimate of drug-likeness (QED) is 0.726. The van der Waals surface area contributed by atoms with E-state index in [4.69, 9.17) is 16.9 Å². The van der Waals surface area contributed by atoms with Gasteiger partial charge in [-0.15, -0.1) is 0 Å². The number of piperidine rings is 1. The maximum atomic E-state index is 11.5. The Morgan fingerprint density at radius 1 is 1.35 bits per heavy atom. The zero-order valence-electron chi connectivity index (χ0n) is 14.5. The van der Waals surface area contributed by atoms with Crippen molar-refractivity contribution >= 4 is 29.5 Å². The molecule has 5 nitrogen and oxygen atoms in total. The number of hydrogen-bond donors (Lipinski definition) is 0. The van der Waals surface area contributed by atoms with Gasteiger partial charge in [-0.2, -0.15) is 5.26 Å². The van der Waals surface area contributed by atoms with Crippen LogP contribution in [0.4, 0.5) is 11.5 Å². The number of carbonyl (C=O) groups excluding carboxylic acids is 1. The number of halogens is 1. The van der Waals surface area contributed by atoms with Crippen molar-refractivity contribution in [1.82, 2.24) is 4.98 Å². The Balaban J connectivity index is 1.60. The summed E-state index contributed by atoms with van der Waals surface area (Å²) < 4.78 is 0. The molecule has 6 heteroatoms. The van der Waals surface area contributed by atoms with Gasteiger partial charge in [-0.25, -0.2) is 4.98 Å². The van der Waals surface area contributed by atoms with Gasteiger partial charge in [0.2, 0.25) is 6.41 Å². The lowest BCUT2D eigenvalue weighted by molar-refractivity contribution is -0.107. The van der Waals surface area contributed by atoms with Crippen molar-refractivity contribution in [2.75, 3.05) is 29.4 Å². The standard InChI is InChI=1S/C20H21ClN4O/c21-18-5-1-2-6-19(18)25(15-26)11-9-16-4-3-10-24(14-16)20-8-7-17(12-22)13-23-20/h1-2,5-8,13,15-16H,3-4,9-11,14H2/t16-/m0/s1. The van der Waals surface area contributed by atoms with E-state index in [1.807, 2.05) is 24.3 Å². The topological polar surface area (TPSA) is 60.2 Å². The van der Waals surface area contributed by atoms with Crippen LogP contribution in [0.15, 0.2) is 42.6 Å². The molecule has 2 heterocycles. The van der Waals surface area contributed by atoms with Gasteiger partial charge in [-0.3, -0.25) is 4.79 Å². The van der Waals surface area contributed by atoms with Gasteiger partial charge >= 0.3 is 0 Å². The number of hydrogen-bond acceptors (Lipinski definition) is 4. The molecule has 1 aromatic heterocycles. The molecule has 0 unspecified atom stereocenters. The summed E-state index contributed by atoms with van der Waals surface area (Å²) in [5.74, 6) is 1.40. The molecule has 1 aliphatic rings. The lowest BCUT2D eigenvalue weighted by atomic mass is 9.94. The molecule has 2 aromatic rings. The first-order valence-electron chi connectivity index (χ1n) is 8.79. The number of benzene rings is 1. The van der Waals surface area contributed by atoms with E-state index in [1.54, 1.807) is 23.2 Å². The van der Waals surface area contributed by atoms with Crippen LogP contribution >= 0.6 is 11.6 Å². The minimum atomic E-state index is 0.492. The van der Waals surface area contributed by atoms with Crippen LogP contribution in [0.25, 0.3) is 0 Å². The van der Waals surface area contributed by atoms with Crippen molar-refractivity contribution in [1.29, 1.82) is 5.26 Å². The van der Waals surface area contributed by atoms with Gasteiger partial charge in [-0.05, 0) is 49.4 Å². The van der Waals surface area contributed by atoms with Crippen LogP contribution in [0.5, 0.6) is 0 Å². The maximum absolute atomic E-state index is 11.5. The van der Waals surface area contributed by atoms with Crippen LogP contribution in [0.1, 0.15) is 24.8 Å². The van der Waals surface area contributed by atoms with Gasteiger partial charge in [-0.1, -0.05) is 23.7 Å². The Labute approximate surface area is 158 Å². The second-order valence-corrected chi connectivity index (χ2v) is 6.92. The summed E-state index contributed by atoms with van der Waals surface area (Å²) in [6.07, 6.45) is 5.62. The summed E-state index contributed by atoms with van der Waals surface area (Å²) in [5.41, 5.74) is 1.33. The molecular weight excluding hydrogens is 348 g/mol. The Kier molecular flexibility index (Phi) is 6.08. The number of nitriles is 1. The molecule has 1 aliphatic heterocycles. The van der Waals surface area contributed by atoms with Crippen molar-refractivity contribution < 1.29 is 4.79 Å². The van der Waals surface area contributed by atoms with Crippen molar-refractivity contribution in [3.8, 4) is 6.07 Å². The summed E-state index contributed by atoms with van der Waals surface area (Å²) in [4.78, 5) is 19.8. The minimum absolute atomic E-state index is 0.492. The summed E-state index contributed by atoms with van der Waals surface area (Å²) in [6.45, 7) is 2.53. The predicted molar refractivity (Wildman–Crippen MR) is 103 cm³/mol. The van der Waals surface area contributed by atoms with E-state index in [9.17, 15) is 4.79 Å². The normalized spacial score (nSPS) is 16.8. The van der Waals surface area contributed by atoms with Gasteiger partial charge in [0.25, 0.3) is 0 Å². The van der Waals surface area contributed by atoms with Crippen LogP contribution in [0.2, 0.25) is 5.02 Å². The SMILES string of the molecule is N#Cc1ccc(N2CCC[C@@H](CCN(C=O)c3ccccc3Cl)C2)nc1. The maximum Gasteiger partial charge on any atom is 0.214 e. The molecule has 0 N–H and O–H groups in total. The fourth-order valence-electron chi connectivity index (χ4n) is 3.38. The second-order valence-electron chi connectivity index (χ2n) is 6.51. The summed E-state index contributed by atoms with van der Waals surface area (Å²) in [7, 11) is 0. The molecule has 1 saturated heterocycles. The first-order valence-corrected chi connectivity index (χ1v) is 9.16. The minimum Gasteiger partial charge on any atom is -0.356 e. The van der Waals surface area contributed by atoms with Crippen LogP contribution < -0.4 is 9.80 Å². The average molecular weight is 369 g/mol. The van der Waals surface area contributed by atoms with Gasteiger partial charge in [0.05, 0.1) is 16.3 Å². The Morgan fingerprint density at radius 3 is 2.88 bits per heavy atom. The van der Waals surface area contributed by atoms with E-state index >= 15 is 0 Å². The van der Waals surface area contributed by atoms with E-state index in [0.717, 1.165) is 50.3 Å². The van der Waals surface area contributed by atoms with Gasteiger partial charge in [0.1, 0.15) is 11.9 Å². The van der Waals surface area contributed by atoms with Gasteiger partial charge < -0.3 is 9.80 Å². The number of anilines is 2. The van der Waals surface area contributed by atoms with Crippen molar-refractivity contribution in [3.63, 3.8) is 0 Å². The largest absolute Gasteiger partial charge is 0.356 e. The summed E-state index contributed by atoms with van der Waals surface area (Å²) >= 11 is 6.21. The van der Waals surface area contributed by atoms with E-state index in [0.29, 0.717) is 23.0 Å². The molecule has 0 aliphatic carbocycles. The molecular formula is C20H21ClN4O. The molecule has 134 valence electrons. The molecule has 1 fully saturated rings. The molecule has 3 rings (SSSR count).